The van der Waals surface area contributed by atoms with Crippen LogP contribution in [0.15, 0.2) is 72.9 Å². The van der Waals surface area contributed by atoms with Gasteiger partial charge >= 0.3 is 5.97 Å². The fourth-order valence-corrected chi connectivity index (χ4v) is 10.7. The number of rotatable bonds is 61. The molecule has 11 nitrogen and oxygen atoms in total. The Morgan fingerprint density at radius 3 is 1.29 bits per heavy atom. The molecule has 0 bridgehead atoms. The molecule has 0 aromatic carbocycles. The highest BCUT2D eigenvalue weighted by molar-refractivity contribution is 5.76. The van der Waals surface area contributed by atoms with Crippen LogP contribution in [0, 0.1) is 0 Å². The van der Waals surface area contributed by atoms with Gasteiger partial charge < -0.3 is 45.1 Å². The predicted molar refractivity (Wildman–Crippen MR) is 352 cm³/mol. The molecule has 1 fully saturated rings. The maximum Gasteiger partial charge on any atom is 0.305 e. The van der Waals surface area contributed by atoms with Gasteiger partial charge in [0.05, 0.1) is 32.0 Å². The third kappa shape index (κ3) is 50.1. The van der Waals surface area contributed by atoms with Crippen molar-refractivity contribution in [2.24, 2.45) is 0 Å². The number of unbranched alkanes of at least 4 members (excludes halogenated alkanes) is 37. The molecule has 0 radical (unpaired) electrons. The van der Waals surface area contributed by atoms with E-state index in [-0.39, 0.29) is 18.5 Å². The van der Waals surface area contributed by atoms with E-state index in [9.17, 15) is 35.1 Å². The summed E-state index contributed by atoms with van der Waals surface area (Å²) in [6.45, 7) is 4.28. The second-order valence-corrected chi connectivity index (χ2v) is 24.2. The number of ether oxygens (including phenoxy) is 3. The van der Waals surface area contributed by atoms with Gasteiger partial charge in [-0.05, 0) is 109 Å². The minimum Gasteiger partial charge on any atom is -0.466 e. The average Bonchev–Trinajstić information content (AvgIpc) is 3.63. The van der Waals surface area contributed by atoms with Gasteiger partial charge in [0.15, 0.2) is 6.29 Å². The highest BCUT2D eigenvalue weighted by Crippen LogP contribution is 2.23. The van der Waals surface area contributed by atoms with Gasteiger partial charge in [-0.1, -0.05) is 267 Å². The number of aliphatic hydroxyl groups is 5. The Balaban J connectivity index is 2.01. The summed E-state index contributed by atoms with van der Waals surface area (Å²) < 4.78 is 16.7. The fraction of sp³-hybridized carbons (Fsp3) is 0.808. The van der Waals surface area contributed by atoms with E-state index in [0.29, 0.717) is 19.4 Å². The lowest BCUT2D eigenvalue weighted by molar-refractivity contribution is -0.302. The summed E-state index contributed by atoms with van der Waals surface area (Å²) in [7, 11) is 0. The van der Waals surface area contributed by atoms with Crippen molar-refractivity contribution in [2.45, 2.75) is 358 Å². The van der Waals surface area contributed by atoms with Gasteiger partial charge in [0.1, 0.15) is 24.4 Å². The largest absolute Gasteiger partial charge is 0.466 e. The summed E-state index contributed by atoms with van der Waals surface area (Å²) in [6, 6.07) is -0.836. The SMILES string of the molecule is CCCC/C=C\CCCCCCCC(=O)OCCCCCCCCCCC/C=C\C/C=C\CCCCCCCCCCCCCCCCCC(=O)NC(COC1OC(CO)C(O)C(O)C1O)C(O)/C=C/CC/C=C/CC/C=C/CCCCCC. The maximum absolute atomic E-state index is 13.1. The number of hydrogen-bond donors (Lipinski definition) is 6. The second kappa shape index (κ2) is 61.7. The van der Waals surface area contributed by atoms with Gasteiger partial charge in [-0.3, -0.25) is 9.59 Å². The molecule has 7 unspecified atom stereocenters. The van der Waals surface area contributed by atoms with E-state index < -0.39 is 49.5 Å². The highest BCUT2D eigenvalue weighted by Gasteiger charge is 2.44. The number of nitrogens with one attached hydrogen (secondary N) is 1. The summed E-state index contributed by atoms with van der Waals surface area (Å²) in [4.78, 5) is 25.1. The lowest BCUT2D eigenvalue weighted by atomic mass is 9.99. The molecule has 1 heterocycles. The number of amides is 1. The van der Waals surface area contributed by atoms with Crippen LogP contribution in [0.2, 0.25) is 0 Å². The van der Waals surface area contributed by atoms with Crippen LogP contribution in [0.5, 0.6) is 0 Å². The normalized spacial score (nSPS) is 18.5. The summed E-state index contributed by atoms with van der Waals surface area (Å²) in [5.74, 6) is -0.203. The molecular formula is C73H131NO10. The van der Waals surface area contributed by atoms with Crippen LogP contribution in [0.3, 0.4) is 0 Å². The molecule has 6 N–H and O–H groups in total. The number of esters is 1. The molecule has 7 atom stereocenters. The van der Waals surface area contributed by atoms with E-state index in [1.807, 2.05) is 6.08 Å². The van der Waals surface area contributed by atoms with Gasteiger partial charge in [0.25, 0.3) is 0 Å². The van der Waals surface area contributed by atoms with Crippen molar-refractivity contribution in [3.63, 3.8) is 0 Å². The summed E-state index contributed by atoms with van der Waals surface area (Å²) in [6.07, 6.45) is 73.2. The van der Waals surface area contributed by atoms with Crippen molar-refractivity contribution in [1.29, 1.82) is 0 Å². The van der Waals surface area contributed by atoms with Gasteiger partial charge in [-0.15, -0.1) is 0 Å². The molecule has 11 heteroatoms. The van der Waals surface area contributed by atoms with Crippen LogP contribution < -0.4 is 5.32 Å². The monoisotopic (exact) mass is 1180 g/mol. The number of carbonyl (C=O) groups is 2. The van der Waals surface area contributed by atoms with Crippen LogP contribution in [0.4, 0.5) is 0 Å². The molecule has 1 rings (SSSR count). The number of aliphatic hydroxyl groups excluding tert-OH is 5. The number of allylic oxidation sites excluding steroid dienone is 11. The standard InChI is InChI=1S/C73H131NO10/c1-3-5-7-9-11-13-15-16-36-40-43-47-51-55-59-66(76)65(64-83-73-72(81)71(80)70(79)67(63-75)84-73)74-68(77)60-56-52-48-44-41-37-34-32-30-28-26-24-22-20-18-17-19-21-23-25-27-29-31-33-35-38-42-46-50-54-58-62-82-69(78)61-57-53-49-45-39-14-12-10-8-6-4-2/h10,12-13,15,19,21,25,27,40,43,55,59,65-67,70-73,75-76,79-81H,3-9,11,14,16-18,20,22-24,26,28-39,41-42,44-54,56-58,60-64H2,1-2H3,(H,74,77)/b12-10-,15-13+,21-19-,27-25-,43-40+,59-55+. The summed E-state index contributed by atoms with van der Waals surface area (Å²) >= 11 is 0. The van der Waals surface area contributed by atoms with E-state index in [1.165, 1.54) is 212 Å². The smallest absolute Gasteiger partial charge is 0.305 e. The van der Waals surface area contributed by atoms with Gasteiger partial charge in [-0.2, -0.15) is 0 Å². The number of hydrogen-bond acceptors (Lipinski definition) is 10. The highest BCUT2D eigenvalue weighted by atomic mass is 16.7. The Labute approximate surface area is 515 Å². The fourth-order valence-electron chi connectivity index (χ4n) is 10.7. The van der Waals surface area contributed by atoms with E-state index in [2.05, 4.69) is 79.9 Å². The van der Waals surface area contributed by atoms with E-state index in [0.717, 1.165) is 77.0 Å². The molecule has 0 spiro atoms. The number of carbonyl (C=O) groups excluding carboxylic acids is 2. The van der Waals surface area contributed by atoms with Crippen LogP contribution in [0.25, 0.3) is 0 Å². The minimum absolute atomic E-state index is 0.00683. The van der Waals surface area contributed by atoms with Gasteiger partial charge in [-0.25, -0.2) is 0 Å². The molecular weight excluding hydrogens is 1050 g/mol. The van der Waals surface area contributed by atoms with Crippen molar-refractivity contribution in [3.05, 3.63) is 72.9 Å². The maximum atomic E-state index is 13.1. The first-order chi connectivity index (χ1) is 41.2. The van der Waals surface area contributed by atoms with Crippen LogP contribution in [-0.4, -0.2) is 100 Å². The topological polar surface area (TPSA) is 175 Å². The van der Waals surface area contributed by atoms with Crippen molar-refractivity contribution in [1.82, 2.24) is 5.32 Å². The Bertz CT molecular complexity index is 1630. The molecule has 0 aromatic rings. The van der Waals surface area contributed by atoms with E-state index >= 15 is 0 Å². The van der Waals surface area contributed by atoms with Gasteiger partial charge in [0, 0.05) is 12.8 Å². The van der Waals surface area contributed by atoms with E-state index in [1.54, 1.807) is 6.08 Å². The Morgan fingerprint density at radius 1 is 0.440 bits per heavy atom. The van der Waals surface area contributed by atoms with Crippen molar-refractivity contribution in [3.8, 4) is 0 Å². The molecule has 0 saturated carbocycles. The molecule has 0 aliphatic carbocycles. The molecule has 1 amide bonds. The Kier molecular flexibility index (Phi) is 58.1. The van der Waals surface area contributed by atoms with Crippen LogP contribution in [-0.2, 0) is 23.8 Å². The first-order valence-corrected chi connectivity index (χ1v) is 35.2. The predicted octanol–water partition coefficient (Wildman–Crippen LogP) is 17.9. The molecule has 84 heavy (non-hydrogen) atoms. The second-order valence-electron chi connectivity index (χ2n) is 24.2. The zero-order chi connectivity index (χ0) is 60.9. The van der Waals surface area contributed by atoms with Crippen LogP contribution >= 0.6 is 0 Å². The lowest BCUT2D eigenvalue weighted by Gasteiger charge is -2.40. The van der Waals surface area contributed by atoms with Gasteiger partial charge in [0.2, 0.25) is 5.91 Å². The molecule has 0 aromatic heterocycles. The average molecular weight is 1180 g/mol. The first kappa shape index (κ1) is 79.1. The van der Waals surface area contributed by atoms with Crippen molar-refractivity contribution >= 4 is 11.9 Å². The molecule has 488 valence electrons. The van der Waals surface area contributed by atoms with Crippen molar-refractivity contribution < 1.29 is 49.3 Å². The molecule has 1 aliphatic heterocycles. The zero-order valence-electron chi connectivity index (χ0n) is 54.1. The summed E-state index contributed by atoms with van der Waals surface area (Å²) in [5.41, 5.74) is 0. The third-order valence-electron chi connectivity index (χ3n) is 16.2. The zero-order valence-corrected chi connectivity index (χ0v) is 54.1. The van der Waals surface area contributed by atoms with E-state index in [4.69, 9.17) is 14.2 Å². The quantitative estimate of drug-likeness (QED) is 0.0195. The van der Waals surface area contributed by atoms with Crippen LogP contribution in [0.1, 0.15) is 316 Å². The Hall–Kier alpha value is -2.90. The molecule has 1 saturated heterocycles. The Morgan fingerprint density at radius 2 is 0.821 bits per heavy atom. The lowest BCUT2D eigenvalue weighted by Crippen LogP contribution is -2.60. The summed E-state index contributed by atoms with van der Waals surface area (Å²) in [5, 5.41) is 54.5. The first-order valence-electron chi connectivity index (χ1n) is 35.2. The minimum atomic E-state index is -1.58. The molecule has 1 aliphatic rings. The van der Waals surface area contributed by atoms with Crippen molar-refractivity contribution in [2.75, 3.05) is 19.8 Å². The third-order valence-corrected chi connectivity index (χ3v) is 16.2.